The molecule has 0 radical (unpaired) electrons. The summed E-state index contributed by atoms with van der Waals surface area (Å²) in [5.41, 5.74) is 0. The number of esters is 1. The number of carbonyl (C=O) groups excluding carboxylic acids is 1. The van der Waals surface area contributed by atoms with Crippen LogP contribution in [0.5, 0.6) is 11.8 Å². The fourth-order valence-electron chi connectivity index (χ4n) is 3.16. The number of hydrogen-bond donors (Lipinski definition) is 0. The highest BCUT2D eigenvalue weighted by atomic mass is 16.5. The lowest BCUT2D eigenvalue weighted by Gasteiger charge is -2.26. The van der Waals surface area contributed by atoms with Crippen LogP contribution in [0.4, 0.5) is 0 Å². The van der Waals surface area contributed by atoms with Gasteiger partial charge in [0.1, 0.15) is 12.7 Å². The second-order valence-electron chi connectivity index (χ2n) is 6.57. The van der Waals surface area contributed by atoms with E-state index >= 15 is 0 Å². The van der Waals surface area contributed by atoms with Crippen LogP contribution < -0.4 is 9.47 Å². The van der Waals surface area contributed by atoms with E-state index in [9.17, 15) is 4.79 Å². The van der Waals surface area contributed by atoms with Gasteiger partial charge in [0.2, 0.25) is 11.8 Å². The minimum absolute atomic E-state index is 0.0164. The van der Waals surface area contributed by atoms with E-state index in [1.165, 1.54) is 0 Å². The van der Waals surface area contributed by atoms with Crippen LogP contribution >= 0.6 is 0 Å². The van der Waals surface area contributed by atoms with Gasteiger partial charge in [0.15, 0.2) is 0 Å². The third-order valence-corrected chi connectivity index (χ3v) is 4.53. The SMILES string of the molecule is CCOC(=O)CN1CCC(Oc2cncc(OCCN3CCOCC3)n2)C1. The summed E-state index contributed by atoms with van der Waals surface area (Å²) in [6.07, 6.45) is 4.00. The Hall–Kier alpha value is -1.97. The average Bonchev–Trinajstić information content (AvgIpc) is 3.10. The maximum Gasteiger partial charge on any atom is 0.320 e. The van der Waals surface area contributed by atoms with Gasteiger partial charge in [-0.3, -0.25) is 19.6 Å². The molecule has 3 rings (SSSR count). The Balaban J connectivity index is 1.40. The first-order valence-electron chi connectivity index (χ1n) is 9.52. The van der Waals surface area contributed by atoms with Crippen molar-refractivity contribution in [3.63, 3.8) is 0 Å². The van der Waals surface area contributed by atoms with Gasteiger partial charge in [0.05, 0.1) is 38.8 Å². The predicted octanol–water partition coefficient (Wildman–Crippen LogP) is 0.204. The predicted molar refractivity (Wildman–Crippen MR) is 96.9 cm³/mol. The molecule has 0 aliphatic carbocycles. The molecular formula is C18H28N4O5. The minimum atomic E-state index is -0.200. The van der Waals surface area contributed by atoms with Crippen molar-refractivity contribution in [1.82, 2.24) is 19.8 Å². The smallest absolute Gasteiger partial charge is 0.320 e. The number of rotatable bonds is 9. The van der Waals surface area contributed by atoms with Gasteiger partial charge in [-0.2, -0.15) is 4.98 Å². The summed E-state index contributed by atoms with van der Waals surface area (Å²) in [6.45, 7) is 8.78. The Kier molecular flexibility index (Phi) is 7.61. The zero-order valence-electron chi connectivity index (χ0n) is 15.8. The molecular weight excluding hydrogens is 352 g/mol. The maximum atomic E-state index is 11.6. The monoisotopic (exact) mass is 380 g/mol. The summed E-state index contributed by atoms with van der Waals surface area (Å²) in [4.78, 5) is 24.4. The van der Waals surface area contributed by atoms with Gasteiger partial charge < -0.3 is 18.9 Å². The fourth-order valence-corrected chi connectivity index (χ4v) is 3.16. The summed E-state index contributed by atoms with van der Waals surface area (Å²) in [5, 5.41) is 0. The summed E-state index contributed by atoms with van der Waals surface area (Å²) < 4.78 is 21.9. The van der Waals surface area contributed by atoms with Crippen LogP contribution in [0.1, 0.15) is 13.3 Å². The zero-order chi connectivity index (χ0) is 18.9. The molecule has 1 aromatic heterocycles. The van der Waals surface area contributed by atoms with Gasteiger partial charge >= 0.3 is 5.97 Å². The van der Waals surface area contributed by atoms with E-state index in [1.807, 2.05) is 11.8 Å². The van der Waals surface area contributed by atoms with E-state index in [4.69, 9.17) is 18.9 Å². The van der Waals surface area contributed by atoms with E-state index < -0.39 is 0 Å². The number of hydrogen-bond acceptors (Lipinski definition) is 9. The molecule has 9 heteroatoms. The summed E-state index contributed by atoms with van der Waals surface area (Å²) in [6, 6.07) is 0. The number of morpholine rings is 1. The largest absolute Gasteiger partial charge is 0.475 e. The molecule has 0 amide bonds. The molecule has 150 valence electrons. The number of carbonyl (C=O) groups is 1. The molecule has 9 nitrogen and oxygen atoms in total. The Morgan fingerprint density at radius 1 is 1.22 bits per heavy atom. The van der Waals surface area contributed by atoms with Crippen LogP contribution in [0.2, 0.25) is 0 Å². The van der Waals surface area contributed by atoms with Gasteiger partial charge in [-0.15, -0.1) is 0 Å². The molecule has 2 saturated heterocycles. The second-order valence-corrected chi connectivity index (χ2v) is 6.57. The van der Waals surface area contributed by atoms with Crippen molar-refractivity contribution >= 4 is 5.97 Å². The van der Waals surface area contributed by atoms with Gasteiger partial charge in [-0.25, -0.2) is 0 Å². The molecule has 1 atom stereocenters. The fraction of sp³-hybridized carbons (Fsp3) is 0.722. The van der Waals surface area contributed by atoms with Gasteiger partial charge in [-0.1, -0.05) is 0 Å². The third-order valence-electron chi connectivity index (χ3n) is 4.53. The topological polar surface area (TPSA) is 86.2 Å². The molecule has 2 aliphatic heterocycles. The first-order chi connectivity index (χ1) is 13.2. The number of nitrogens with zero attached hydrogens (tertiary/aromatic N) is 4. The van der Waals surface area contributed by atoms with Crippen LogP contribution in [0.25, 0.3) is 0 Å². The van der Waals surface area contributed by atoms with Crippen molar-refractivity contribution in [2.45, 2.75) is 19.4 Å². The van der Waals surface area contributed by atoms with E-state index in [0.29, 0.717) is 38.1 Å². The molecule has 0 bridgehead atoms. The van der Waals surface area contributed by atoms with Crippen molar-refractivity contribution in [3.8, 4) is 11.8 Å². The molecule has 0 aromatic carbocycles. The summed E-state index contributed by atoms with van der Waals surface area (Å²) in [5.74, 6) is 0.706. The lowest BCUT2D eigenvalue weighted by Crippen LogP contribution is -2.38. The molecule has 2 aliphatic rings. The normalized spacial score (nSPS) is 21.1. The number of aromatic nitrogens is 2. The Labute approximate surface area is 159 Å². The van der Waals surface area contributed by atoms with E-state index in [2.05, 4.69) is 14.9 Å². The van der Waals surface area contributed by atoms with Crippen LogP contribution in [-0.2, 0) is 14.3 Å². The van der Waals surface area contributed by atoms with Crippen molar-refractivity contribution in [2.24, 2.45) is 0 Å². The quantitative estimate of drug-likeness (QED) is 0.558. The van der Waals surface area contributed by atoms with Crippen LogP contribution in [0, 0.1) is 0 Å². The lowest BCUT2D eigenvalue weighted by molar-refractivity contribution is -0.144. The van der Waals surface area contributed by atoms with Crippen molar-refractivity contribution < 1.29 is 23.7 Å². The van der Waals surface area contributed by atoms with Gasteiger partial charge in [0.25, 0.3) is 0 Å². The molecule has 0 spiro atoms. The van der Waals surface area contributed by atoms with E-state index in [1.54, 1.807) is 12.4 Å². The number of ether oxygens (including phenoxy) is 4. The van der Waals surface area contributed by atoms with E-state index in [0.717, 1.165) is 45.8 Å². The van der Waals surface area contributed by atoms with Crippen LogP contribution in [-0.4, -0.2) is 97.5 Å². The second kappa shape index (κ2) is 10.4. The zero-order valence-corrected chi connectivity index (χ0v) is 15.8. The van der Waals surface area contributed by atoms with Gasteiger partial charge in [-0.05, 0) is 13.3 Å². The maximum absolute atomic E-state index is 11.6. The highest BCUT2D eigenvalue weighted by Crippen LogP contribution is 2.18. The minimum Gasteiger partial charge on any atom is -0.475 e. The van der Waals surface area contributed by atoms with Crippen molar-refractivity contribution in [1.29, 1.82) is 0 Å². The molecule has 3 heterocycles. The standard InChI is InChI=1S/C18H28N4O5/c1-2-25-18(23)14-22-4-3-15(13-22)27-17-12-19-11-16(20-17)26-10-7-21-5-8-24-9-6-21/h11-12,15H,2-10,13-14H2,1H3. The highest BCUT2D eigenvalue weighted by molar-refractivity contribution is 5.71. The first-order valence-corrected chi connectivity index (χ1v) is 9.52. The molecule has 2 fully saturated rings. The van der Waals surface area contributed by atoms with Crippen LogP contribution in [0.15, 0.2) is 12.4 Å². The van der Waals surface area contributed by atoms with Gasteiger partial charge in [0, 0.05) is 32.7 Å². The van der Waals surface area contributed by atoms with Crippen molar-refractivity contribution in [2.75, 3.05) is 65.7 Å². The molecule has 1 aromatic rings. The molecule has 27 heavy (non-hydrogen) atoms. The molecule has 0 N–H and O–H groups in total. The summed E-state index contributed by atoms with van der Waals surface area (Å²) in [7, 11) is 0. The average molecular weight is 380 g/mol. The number of likely N-dealkylation sites (tertiary alicyclic amines) is 1. The Morgan fingerprint density at radius 3 is 2.85 bits per heavy atom. The summed E-state index contributed by atoms with van der Waals surface area (Å²) >= 11 is 0. The van der Waals surface area contributed by atoms with Crippen LogP contribution in [0.3, 0.4) is 0 Å². The Bertz CT molecular complexity index is 597. The first kappa shape index (κ1) is 19.8. The van der Waals surface area contributed by atoms with E-state index in [-0.39, 0.29) is 12.1 Å². The highest BCUT2D eigenvalue weighted by Gasteiger charge is 2.26. The Morgan fingerprint density at radius 2 is 2.04 bits per heavy atom. The lowest BCUT2D eigenvalue weighted by atomic mass is 10.3. The molecule has 0 saturated carbocycles. The third kappa shape index (κ3) is 6.60. The molecule has 1 unspecified atom stereocenters. The van der Waals surface area contributed by atoms with Crippen molar-refractivity contribution in [3.05, 3.63) is 12.4 Å².